The maximum atomic E-state index is 11.5. The molecule has 5 nitrogen and oxygen atoms in total. The Morgan fingerprint density at radius 1 is 1.42 bits per heavy atom. The van der Waals surface area contributed by atoms with Crippen molar-refractivity contribution in [3.05, 3.63) is 58.3 Å². The summed E-state index contributed by atoms with van der Waals surface area (Å²) < 4.78 is 7.01. The average molecular weight is 255 g/mol. The van der Waals surface area contributed by atoms with Gasteiger partial charge in [0.2, 0.25) is 0 Å². The summed E-state index contributed by atoms with van der Waals surface area (Å²) in [5.41, 5.74) is 1.09. The molecule has 0 aliphatic carbocycles. The van der Waals surface area contributed by atoms with Crippen molar-refractivity contribution in [3.8, 4) is 11.8 Å². The minimum atomic E-state index is -0.303. The largest absolute Gasteiger partial charge is 0.490 e. The molecule has 0 unspecified atom stereocenters. The number of ether oxygens (including phenoxy) is 1. The molecule has 0 saturated heterocycles. The maximum absolute atomic E-state index is 11.5. The zero-order valence-corrected chi connectivity index (χ0v) is 10.5. The van der Waals surface area contributed by atoms with Crippen molar-refractivity contribution in [2.24, 2.45) is 0 Å². The van der Waals surface area contributed by atoms with Crippen LogP contribution in [-0.2, 0) is 6.54 Å². The van der Waals surface area contributed by atoms with Crippen LogP contribution in [0.25, 0.3) is 0 Å². The van der Waals surface area contributed by atoms with Crippen LogP contribution in [0.2, 0.25) is 0 Å². The van der Waals surface area contributed by atoms with Gasteiger partial charge in [0.25, 0.3) is 0 Å². The van der Waals surface area contributed by atoms with Crippen molar-refractivity contribution in [1.29, 1.82) is 5.26 Å². The van der Waals surface area contributed by atoms with E-state index >= 15 is 0 Å². The smallest absolute Gasteiger partial charge is 0.347 e. The van der Waals surface area contributed by atoms with Crippen molar-refractivity contribution in [2.45, 2.75) is 13.5 Å². The second-order valence-electron chi connectivity index (χ2n) is 4.06. The van der Waals surface area contributed by atoms with Gasteiger partial charge in [-0.15, -0.1) is 0 Å². The van der Waals surface area contributed by atoms with Crippen LogP contribution < -0.4 is 10.4 Å². The maximum Gasteiger partial charge on any atom is 0.347 e. The van der Waals surface area contributed by atoms with E-state index in [4.69, 9.17) is 10.00 Å². The number of benzene rings is 1. The normalized spacial score (nSPS) is 9.89. The Bertz CT molecular complexity index is 671. The molecule has 0 amide bonds. The molecule has 0 atom stereocenters. The number of nitrogens with zero attached hydrogens (tertiary/aromatic N) is 3. The summed E-state index contributed by atoms with van der Waals surface area (Å²) in [7, 11) is 0. The van der Waals surface area contributed by atoms with Crippen LogP contribution in [0.15, 0.2) is 41.5 Å². The Balaban J connectivity index is 2.03. The molecule has 0 aliphatic heterocycles. The van der Waals surface area contributed by atoms with E-state index < -0.39 is 0 Å². The molecule has 5 heteroatoms. The monoisotopic (exact) mass is 255 g/mol. The van der Waals surface area contributed by atoms with E-state index in [1.807, 2.05) is 6.92 Å². The summed E-state index contributed by atoms with van der Waals surface area (Å²) >= 11 is 0. The average Bonchev–Trinajstić information content (AvgIpc) is 2.43. The highest BCUT2D eigenvalue weighted by Gasteiger charge is 2.02. The highest BCUT2D eigenvalue weighted by atomic mass is 16.5. The summed E-state index contributed by atoms with van der Waals surface area (Å²) in [6.07, 6.45) is 3.26. The molecule has 0 radical (unpaired) electrons. The van der Waals surface area contributed by atoms with Crippen molar-refractivity contribution < 1.29 is 4.74 Å². The zero-order valence-electron chi connectivity index (χ0n) is 10.5. The van der Waals surface area contributed by atoms with Gasteiger partial charge in [-0.25, -0.2) is 9.78 Å². The zero-order chi connectivity index (χ0) is 13.7. The first kappa shape index (κ1) is 12.8. The van der Waals surface area contributed by atoms with Gasteiger partial charge >= 0.3 is 5.69 Å². The van der Waals surface area contributed by atoms with Gasteiger partial charge in [0.05, 0.1) is 12.1 Å². The van der Waals surface area contributed by atoms with Gasteiger partial charge in [0.15, 0.2) is 0 Å². The third-order valence-electron chi connectivity index (χ3n) is 2.58. The summed E-state index contributed by atoms with van der Waals surface area (Å²) in [4.78, 5) is 15.2. The van der Waals surface area contributed by atoms with Crippen molar-refractivity contribution in [1.82, 2.24) is 9.55 Å². The van der Waals surface area contributed by atoms with Crippen LogP contribution in [0.4, 0.5) is 0 Å². The molecule has 0 spiro atoms. The topological polar surface area (TPSA) is 67.9 Å². The van der Waals surface area contributed by atoms with Crippen LogP contribution in [-0.4, -0.2) is 16.2 Å². The number of hydrogen-bond donors (Lipinski definition) is 0. The molecule has 0 N–H and O–H groups in total. The van der Waals surface area contributed by atoms with Crippen molar-refractivity contribution in [3.63, 3.8) is 0 Å². The Kier molecular flexibility index (Phi) is 3.94. The molecular formula is C14H13N3O2. The number of aryl methyl sites for hydroxylation is 1. The molecule has 0 aliphatic rings. The molecule has 1 aromatic heterocycles. The summed E-state index contributed by atoms with van der Waals surface area (Å²) in [5.74, 6) is 0.527. The quantitative estimate of drug-likeness (QED) is 0.830. The fraction of sp³-hybridized carbons (Fsp3) is 0.214. The van der Waals surface area contributed by atoms with Gasteiger partial charge < -0.3 is 4.74 Å². The number of rotatable bonds is 4. The third kappa shape index (κ3) is 3.19. The van der Waals surface area contributed by atoms with Gasteiger partial charge in [0.1, 0.15) is 18.4 Å². The third-order valence-corrected chi connectivity index (χ3v) is 2.58. The van der Waals surface area contributed by atoms with E-state index in [1.165, 1.54) is 10.8 Å². The van der Waals surface area contributed by atoms with Gasteiger partial charge in [-0.2, -0.15) is 5.26 Å². The molecule has 96 valence electrons. The Labute approximate surface area is 110 Å². The van der Waals surface area contributed by atoms with Gasteiger partial charge in [-0.1, -0.05) is 12.1 Å². The molecule has 1 aromatic carbocycles. The van der Waals surface area contributed by atoms with Gasteiger partial charge in [-0.3, -0.25) is 4.57 Å². The van der Waals surface area contributed by atoms with Gasteiger partial charge in [0, 0.05) is 12.4 Å². The molecular weight excluding hydrogens is 242 g/mol. The predicted octanol–water partition coefficient (Wildman–Crippen LogP) is 1.50. The Morgan fingerprint density at radius 2 is 2.21 bits per heavy atom. The minimum Gasteiger partial charge on any atom is -0.490 e. The van der Waals surface area contributed by atoms with E-state index in [-0.39, 0.29) is 5.69 Å². The van der Waals surface area contributed by atoms with E-state index in [2.05, 4.69) is 11.1 Å². The van der Waals surface area contributed by atoms with Crippen LogP contribution >= 0.6 is 0 Å². The fourth-order valence-corrected chi connectivity index (χ4v) is 1.66. The van der Waals surface area contributed by atoms with Crippen molar-refractivity contribution >= 4 is 0 Å². The van der Waals surface area contributed by atoms with E-state index in [0.717, 1.165) is 5.56 Å². The fourth-order valence-electron chi connectivity index (χ4n) is 1.66. The Morgan fingerprint density at radius 3 is 3.00 bits per heavy atom. The standard InChI is InChI=1S/C14H13N3O2/c1-11-9-16-14(18)17(10-11)6-7-19-13-5-3-2-4-12(13)8-15/h2-5,9-10H,6-7H2,1H3. The first-order valence-electron chi connectivity index (χ1n) is 5.86. The van der Waals surface area contributed by atoms with Crippen LogP contribution in [0.5, 0.6) is 5.75 Å². The number of aromatic nitrogens is 2. The van der Waals surface area contributed by atoms with Crippen LogP contribution in [0.1, 0.15) is 11.1 Å². The van der Waals surface area contributed by atoms with Gasteiger partial charge in [-0.05, 0) is 24.6 Å². The lowest BCUT2D eigenvalue weighted by Gasteiger charge is -2.09. The number of para-hydroxylation sites is 1. The van der Waals surface area contributed by atoms with Crippen LogP contribution in [0, 0.1) is 18.3 Å². The Hall–Kier alpha value is -2.61. The molecule has 0 bridgehead atoms. The van der Waals surface area contributed by atoms with E-state index in [1.54, 1.807) is 30.5 Å². The minimum absolute atomic E-state index is 0.303. The summed E-state index contributed by atoms with van der Waals surface area (Å²) in [5, 5.41) is 8.92. The molecule has 0 fully saturated rings. The summed E-state index contributed by atoms with van der Waals surface area (Å²) in [6, 6.07) is 9.06. The molecule has 2 aromatic rings. The molecule has 1 heterocycles. The second-order valence-corrected chi connectivity index (χ2v) is 4.06. The van der Waals surface area contributed by atoms with E-state index in [9.17, 15) is 4.79 Å². The molecule has 0 saturated carbocycles. The predicted molar refractivity (Wildman–Crippen MR) is 69.9 cm³/mol. The summed E-state index contributed by atoms with van der Waals surface area (Å²) in [6.45, 7) is 2.58. The lowest BCUT2D eigenvalue weighted by Crippen LogP contribution is -2.25. The number of hydrogen-bond acceptors (Lipinski definition) is 4. The second kappa shape index (κ2) is 5.83. The first-order chi connectivity index (χ1) is 9.20. The highest BCUT2D eigenvalue weighted by molar-refractivity contribution is 5.42. The first-order valence-corrected chi connectivity index (χ1v) is 5.86. The molecule has 2 rings (SSSR count). The highest BCUT2D eigenvalue weighted by Crippen LogP contribution is 2.16. The lowest BCUT2D eigenvalue weighted by molar-refractivity contribution is 0.294. The molecule has 19 heavy (non-hydrogen) atoms. The van der Waals surface area contributed by atoms with Crippen molar-refractivity contribution in [2.75, 3.05) is 6.61 Å². The van der Waals surface area contributed by atoms with Crippen LogP contribution in [0.3, 0.4) is 0 Å². The lowest BCUT2D eigenvalue weighted by atomic mass is 10.2. The van der Waals surface area contributed by atoms with E-state index in [0.29, 0.717) is 24.5 Å². The number of nitriles is 1. The SMILES string of the molecule is Cc1cnc(=O)n(CCOc2ccccc2C#N)c1.